The normalized spacial score (nSPS) is 16.6. The van der Waals surface area contributed by atoms with E-state index in [-0.39, 0.29) is 5.91 Å². The van der Waals surface area contributed by atoms with E-state index in [1.807, 2.05) is 11.4 Å². The fraction of sp³-hybridized carbons (Fsp3) is 0.545. The number of rotatable bonds is 4. The van der Waals surface area contributed by atoms with Crippen LogP contribution in [-0.2, 0) is 0 Å². The molecule has 1 aliphatic rings. The Morgan fingerprint density at radius 3 is 2.88 bits per heavy atom. The summed E-state index contributed by atoms with van der Waals surface area (Å²) in [6.07, 6.45) is 2.59. The van der Waals surface area contributed by atoms with Gasteiger partial charge in [0, 0.05) is 18.5 Å². The zero-order valence-corrected chi connectivity index (χ0v) is 11.4. The van der Waals surface area contributed by atoms with Crippen LogP contribution in [-0.4, -0.2) is 37.0 Å². The average Bonchev–Trinajstić information content (AvgIpc) is 2.89. The monoisotopic (exact) mass is 302 g/mol. The van der Waals surface area contributed by atoms with E-state index in [4.69, 9.17) is 0 Å². The van der Waals surface area contributed by atoms with Crippen LogP contribution in [0.4, 0.5) is 0 Å². The van der Waals surface area contributed by atoms with Gasteiger partial charge in [-0.1, -0.05) is 0 Å². The van der Waals surface area contributed by atoms with Crippen molar-refractivity contribution >= 4 is 33.2 Å². The minimum absolute atomic E-state index is 0.0288. The molecule has 0 radical (unpaired) electrons. The van der Waals surface area contributed by atoms with E-state index in [0.29, 0.717) is 0 Å². The van der Waals surface area contributed by atoms with Gasteiger partial charge in [-0.25, -0.2) is 0 Å². The first kappa shape index (κ1) is 12.1. The van der Waals surface area contributed by atoms with Gasteiger partial charge >= 0.3 is 0 Å². The summed E-state index contributed by atoms with van der Waals surface area (Å²) >= 11 is 4.89. The molecule has 1 N–H and O–H groups in total. The molecule has 0 saturated carbocycles. The Morgan fingerprint density at radius 2 is 2.25 bits per heavy atom. The molecular formula is C11H15BrN2OS. The van der Waals surface area contributed by atoms with Gasteiger partial charge in [-0.3, -0.25) is 4.79 Å². The molecule has 5 heteroatoms. The van der Waals surface area contributed by atoms with Crippen LogP contribution in [0, 0.1) is 0 Å². The molecule has 2 rings (SSSR count). The Kier molecular flexibility index (Phi) is 4.37. The van der Waals surface area contributed by atoms with Gasteiger partial charge in [0.05, 0.1) is 9.35 Å². The van der Waals surface area contributed by atoms with E-state index >= 15 is 0 Å². The molecule has 0 unspecified atom stereocenters. The topological polar surface area (TPSA) is 32.3 Å². The molecular weight excluding hydrogens is 288 g/mol. The van der Waals surface area contributed by atoms with Crippen LogP contribution < -0.4 is 5.32 Å². The summed E-state index contributed by atoms with van der Waals surface area (Å²) in [6.45, 7) is 4.07. The highest BCUT2D eigenvalue weighted by atomic mass is 79.9. The first-order valence-corrected chi connectivity index (χ1v) is 7.17. The molecule has 2 heterocycles. The van der Waals surface area contributed by atoms with Gasteiger partial charge in [0.1, 0.15) is 0 Å². The van der Waals surface area contributed by atoms with Gasteiger partial charge in [-0.15, -0.1) is 11.3 Å². The molecule has 1 aromatic rings. The van der Waals surface area contributed by atoms with E-state index < -0.39 is 0 Å². The van der Waals surface area contributed by atoms with Crippen molar-refractivity contribution in [2.45, 2.75) is 12.8 Å². The van der Waals surface area contributed by atoms with Crippen molar-refractivity contribution < 1.29 is 4.79 Å². The molecule has 0 aromatic carbocycles. The number of halogens is 1. The Labute approximate surface area is 108 Å². The third-order valence-electron chi connectivity index (χ3n) is 2.74. The lowest BCUT2D eigenvalue weighted by atomic mass is 10.3. The maximum Gasteiger partial charge on any atom is 0.252 e. The number of nitrogens with one attached hydrogen (secondary N) is 1. The lowest BCUT2D eigenvalue weighted by Crippen LogP contribution is -2.33. The lowest BCUT2D eigenvalue weighted by Gasteiger charge is -2.14. The predicted octanol–water partition coefficient (Wildman–Crippen LogP) is 2.34. The SMILES string of the molecule is O=C(NCCN1CCCC1)c1csc(Br)c1. The van der Waals surface area contributed by atoms with Crippen molar-refractivity contribution in [1.29, 1.82) is 0 Å². The van der Waals surface area contributed by atoms with Crippen LogP contribution in [0.25, 0.3) is 0 Å². The van der Waals surface area contributed by atoms with E-state index in [0.717, 1.165) is 22.4 Å². The largest absolute Gasteiger partial charge is 0.351 e. The van der Waals surface area contributed by atoms with E-state index in [1.54, 1.807) is 0 Å². The second-order valence-electron chi connectivity index (χ2n) is 3.94. The molecule has 1 saturated heterocycles. The first-order valence-electron chi connectivity index (χ1n) is 5.50. The number of carbonyl (C=O) groups is 1. The quantitative estimate of drug-likeness (QED) is 0.926. The van der Waals surface area contributed by atoms with Gasteiger partial charge in [0.15, 0.2) is 0 Å². The van der Waals surface area contributed by atoms with Crippen molar-refractivity contribution in [3.05, 3.63) is 20.8 Å². The number of nitrogens with zero attached hydrogens (tertiary/aromatic N) is 1. The van der Waals surface area contributed by atoms with Crippen LogP contribution in [0.5, 0.6) is 0 Å². The Hall–Kier alpha value is -0.390. The standard InChI is InChI=1S/C11H15BrN2OS/c12-10-7-9(8-16-10)11(15)13-3-6-14-4-1-2-5-14/h7-8H,1-6H2,(H,13,15). The number of thiophene rings is 1. The van der Waals surface area contributed by atoms with E-state index in [9.17, 15) is 4.79 Å². The van der Waals surface area contributed by atoms with Crippen LogP contribution in [0.3, 0.4) is 0 Å². The first-order chi connectivity index (χ1) is 7.75. The number of hydrogen-bond donors (Lipinski definition) is 1. The molecule has 0 spiro atoms. The van der Waals surface area contributed by atoms with Gasteiger partial charge in [-0.05, 0) is 47.9 Å². The van der Waals surface area contributed by atoms with Crippen LogP contribution >= 0.6 is 27.3 Å². The van der Waals surface area contributed by atoms with Crippen LogP contribution in [0.1, 0.15) is 23.2 Å². The Morgan fingerprint density at radius 1 is 1.50 bits per heavy atom. The molecule has 1 aliphatic heterocycles. The minimum atomic E-state index is 0.0288. The zero-order chi connectivity index (χ0) is 11.4. The van der Waals surface area contributed by atoms with Gasteiger partial charge in [0.25, 0.3) is 5.91 Å². The fourth-order valence-corrected chi connectivity index (χ4v) is 3.00. The number of hydrogen-bond acceptors (Lipinski definition) is 3. The fourth-order valence-electron chi connectivity index (χ4n) is 1.86. The number of carbonyl (C=O) groups excluding carboxylic acids is 1. The van der Waals surface area contributed by atoms with Gasteiger partial charge in [0.2, 0.25) is 0 Å². The highest BCUT2D eigenvalue weighted by molar-refractivity contribution is 9.11. The Bertz CT molecular complexity index is 361. The maximum absolute atomic E-state index is 11.7. The molecule has 88 valence electrons. The lowest BCUT2D eigenvalue weighted by molar-refractivity contribution is 0.0950. The molecule has 1 fully saturated rings. The molecule has 3 nitrogen and oxygen atoms in total. The van der Waals surface area contributed by atoms with Crippen molar-refractivity contribution in [1.82, 2.24) is 10.2 Å². The molecule has 16 heavy (non-hydrogen) atoms. The van der Waals surface area contributed by atoms with Crippen molar-refractivity contribution in [3.63, 3.8) is 0 Å². The van der Waals surface area contributed by atoms with Crippen LogP contribution in [0.2, 0.25) is 0 Å². The third-order valence-corrected chi connectivity index (χ3v) is 4.25. The molecule has 1 aromatic heterocycles. The number of amides is 1. The number of likely N-dealkylation sites (tertiary alicyclic amines) is 1. The summed E-state index contributed by atoms with van der Waals surface area (Å²) in [5.41, 5.74) is 0.748. The van der Waals surface area contributed by atoms with Crippen molar-refractivity contribution in [3.8, 4) is 0 Å². The van der Waals surface area contributed by atoms with E-state index in [1.165, 1.54) is 37.3 Å². The highest BCUT2D eigenvalue weighted by Gasteiger charge is 2.12. The summed E-state index contributed by atoms with van der Waals surface area (Å²) in [7, 11) is 0. The summed E-state index contributed by atoms with van der Waals surface area (Å²) in [4.78, 5) is 14.1. The predicted molar refractivity (Wildman–Crippen MR) is 70.0 cm³/mol. The molecule has 0 atom stereocenters. The summed E-state index contributed by atoms with van der Waals surface area (Å²) < 4.78 is 0.997. The Balaban J connectivity index is 1.71. The third kappa shape index (κ3) is 3.30. The summed E-state index contributed by atoms with van der Waals surface area (Å²) in [6, 6.07) is 1.86. The van der Waals surface area contributed by atoms with E-state index in [2.05, 4.69) is 26.1 Å². The second-order valence-corrected chi connectivity index (χ2v) is 6.23. The average molecular weight is 303 g/mol. The highest BCUT2D eigenvalue weighted by Crippen LogP contribution is 2.20. The van der Waals surface area contributed by atoms with Crippen molar-refractivity contribution in [2.75, 3.05) is 26.2 Å². The second kappa shape index (κ2) is 5.80. The zero-order valence-electron chi connectivity index (χ0n) is 9.04. The smallest absolute Gasteiger partial charge is 0.252 e. The molecule has 0 bridgehead atoms. The summed E-state index contributed by atoms with van der Waals surface area (Å²) in [5.74, 6) is 0.0288. The van der Waals surface area contributed by atoms with Gasteiger partial charge < -0.3 is 10.2 Å². The minimum Gasteiger partial charge on any atom is -0.351 e. The maximum atomic E-state index is 11.7. The van der Waals surface area contributed by atoms with Crippen LogP contribution in [0.15, 0.2) is 15.2 Å². The van der Waals surface area contributed by atoms with Crippen molar-refractivity contribution in [2.24, 2.45) is 0 Å². The van der Waals surface area contributed by atoms with Gasteiger partial charge in [-0.2, -0.15) is 0 Å². The summed E-state index contributed by atoms with van der Waals surface area (Å²) in [5, 5.41) is 4.81. The molecule has 1 amide bonds. The molecule has 0 aliphatic carbocycles.